The number of carbonyl (C=O) groups is 1. The van der Waals surface area contributed by atoms with Gasteiger partial charge in [-0.2, -0.15) is 5.26 Å². The van der Waals surface area contributed by atoms with E-state index in [1.165, 1.54) is 12.1 Å². The number of halogens is 1. The average Bonchev–Trinajstić information content (AvgIpc) is 3.31. The Bertz CT molecular complexity index is 896. The summed E-state index contributed by atoms with van der Waals surface area (Å²) in [7, 11) is 0. The Hall–Kier alpha value is -2.72. The van der Waals surface area contributed by atoms with E-state index in [4.69, 9.17) is 5.26 Å². The van der Waals surface area contributed by atoms with E-state index in [1.807, 2.05) is 6.07 Å². The maximum atomic E-state index is 13.6. The molecule has 1 amide bonds. The highest BCUT2D eigenvalue weighted by Gasteiger charge is 2.31. The lowest BCUT2D eigenvalue weighted by Crippen LogP contribution is -2.42. The molecule has 1 N–H and O–H groups in total. The number of aromatic nitrogens is 1. The van der Waals surface area contributed by atoms with Gasteiger partial charge in [-0.15, -0.1) is 0 Å². The predicted molar refractivity (Wildman–Crippen MR) is 101 cm³/mol. The molecule has 3 heterocycles. The van der Waals surface area contributed by atoms with Crippen LogP contribution < -0.4 is 5.32 Å². The third-order valence-corrected chi connectivity index (χ3v) is 5.42. The maximum Gasteiger partial charge on any atom is 0.237 e. The Kier molecular flexibility index (Phi) is 4.90. The van der Waals surface area contributed by atoms with Crippen LogP contribution >= 0.6 is 0 Å². The van der Waals surface area contributed by atoms with E-state index in [1.54, 1.807) is 17.2 Å². The van der Waals surface area contributed by atoms with Gasteiger partial charge in [0.1, 0.15) is 11.9 Å². The normalized spacial score (nSPS) is 22.9. The molecular formula is C20H22FN5O. The van der Waals surface area contributed by atoms with Gasteiger partial charge in [0.15, 0.2) is 0 Å². The summed E-state index contributed by atoms with van der Waals surface area (Å²) in [6.45, 7) is 2.60. The van der Waals surface area contributed by atoms with Gasteiger partial charge in [0.2, 0.25) is 5.91 Å². The molecule has 0 spiro atoms. The van der Waals surface area contributed by atoms with Crippen LogP contribution in [0.1, 0.15) is 19.3 Å². The van der Waals surface area contributed by atoms with Crippen molar-refractivity contribution in [1.82, 2.24) is 14.8 Å². The van der Waals surface area contributed by atoms with Crippen molar-refractivity contribution in [1.29, 1.82) is 5.26 Å². The Morgan fingerprint density at radius 1 is 1.33 bits per heavy atom. The Balaban J connectivity index is 1.38. The van der Waals surface area contributed by atoms with E-state index in [-0.39, 0.29) is 23.8 Å². The van der Waals surface area contributed by atoms with Crippen molar-refractivity contribution in [3.63, 3.8) is 0 Å². The van der Waals surface area contributed by atoms with Crippen molar-refractivity contribution in [2.75, 3.05) is 31.5 Å². The maximum absolute atomic E-state index is 13.6. The predicted octanol–water partition coefficient (Wildman–Crippen LogP) is 2.37. The Morgan fingerprint density at radius 3 is 3.07 bits per heavy atom. The number of anilines is 1. The number of fused-ring (bicyclic) bond motifs is 1. The van der Waals surface area contributed by atoms with Crippen LogP contribution in [-0.4, -0.2) is 59.0 Å². The number of hydrogen-bond donors (Lipinski definition) is 1. The summed E-state index contributed by atoms with van der Waals surface area (Å²) in [5, 5.41) is 13.4. The summed E-state index contributed by atoms with van der Waals surface area (Å²) in [6.07, 6.45) is 4.31. The molecule has 0 radical (unpaired) electrons. The molecule has 140 valence electrons. The van der Waals surface area contributed by atoms with Gasteiger partial charge < -0.3 is 10.2 Å². The lowest BCUT2D eigenvalue weighted by Gasteiger charge is -2.23. The van der Waals surface area contributed by atoms with Crippen LogP contribution in [0.25, 0.3) is 10.9 Å². The van der Waals surface area contributed by atoms with Crippen molar-refractivity contribution in [2.45, 2.75) is 31.3 Å². The SMILES string of the molecule is N#C[C@@H]1CCCN1C(=O)CN1CC[C@@H](Nc2ccnc3ccc(F)cc23)C1. The minimum atomic E-state index is -0.283. The van der Waals surface area contributed by atoms with Gasteiger partial charge in [0.05, 0.1) is 18.1 Å². The van der Waals surface area contributed by atoms with Crippen molar-refractivity contribution < 1.29 is 9.18 Å². The number of carbonyl (C=O) groups excluding carboxylic acids is 1. The number of likely N-dealkylation sites (tertiary alicyclic amines) is 2. The number of hydrogen-bond acceptors (Lipinski definition) is 5. The summed E-state index contributed by atoms with van der Waals surface area (Å²) in [4.78, 5) is 20.6. The smallest absolute Gasteiger partial charge is 0.237 e. The first kappa shape index (κ1) is 17.7. The topological polar surface area (TPSA) is 72.3 Å². The summed E-state index contributed by atoms with van der Waals surface area (Å²) in [6, 6.07) is 8.59. The van der Waals surface area contributed by atoms with E-state index in [9.17, 15) is 9.18 Å². The molecule has 6 nitrogen and oxygen atoms in total. The molecule has 2 fully saturated rings. The van der Waals surface area contributed by atoms with Gasteiger partial charge in [-0.25, -0.2) is 4.39 Å². The number of nitrogens with one attached hydrogen (secondary N) is 1. The molecule has 0 saturated carbocycles. The van der Waals surface area contributed by atoms with Crippen LogP contribution in [0.3, 0.4) is 0 Å². The second-order valence-electron chi connectivity index (χ2n) is 7.26. The second kappa shape index (κ2) is 7.49. The van der Waals surface area contributed by atoms with Gasteiger partial charge in [-0.1, -0.05) is 0 Å². The van der Waals surface area contributed by atoms with Crippen LogP contribution in [-0.2, 0) is 4.79 Å². The monoisotopic (exact) mass is 367 g/mol. The molecular weight excluding hydrogens is 345 g/mol. The zero-order valence-electron chi connectivity index (χ0n) is 15.1. The van der Waals surface area contributed by atoms with Crippen LogP contribution in [0.15, 0.2) is 30.5 Å². The summed E-state index contributed by atoms with van der Waals surface area (Å²) < 4.78 is 13.6. The average molecular weight is 367 g/mol. The van der Waals surface area contributed by atoms with Gasteiger partial charge in [-0.3, -0.25) is 14.7 Å². The van der Waals surface area contributed by atoms with Gasteiger partial charge in [0.25, 0.3) is 0 Å². The van der Waals surface area contributed by atoms with Gasteiger partial charge >= 0.3 is 0 Å². The van der Waals surface area contributed by atoms with Gasteiger partial charge in [-0.05, 0) is 43.5 Å². The van der Waals surface area contributed by atoms with Crippen molar-refractivity contribution in [3.8, 4) is 6.07 Å². The second-order valence-corrected chi connectivity index (χ2v) is 7.26. The molecule has 2 aliphatic heterocycles. The lowest BCUT2D eigenvalue weighted by atomic mass is 10.1. The van der Waals surface area contributed by atoms with Crippen LogP contribution in [0.2, 0.25) is 0 Å². The van der Waals surface area contributed by atoms with Gasteiger partial charge in [0, 0.05) is 42.9 Å². The zero-order chi connectivity index (χ0) is 18.8. The highest BCUT2D eigenvalue weighted by atomic mass is 19.1. The summed E-state index contributed by atoms with van der Waals surface area (Å²) >= 11 is 0. The fraction of sp³-hybridized carbons (Fsp3) is 0.450. The molecule has 27 heavy (non-hydrogen) atoms. The van der Waals surface area contributed by atoms with E-state index in [0.29, 0.717) is 13.1 Å². The third-order valence-electron chi connectivity index (χ3n) is 5.42. The number of rotatable bonds is 4. The highest BCUT2D eigenvalue weighted by molar-refractivity contribution is 5.91. The molecule has 0 aliphatic carbocycles. The highest BCUT2D eigenvalue weighted by Crippen LogP contribution is 2.25. The third kappa shape index (κ3) is 3.71. The van der Waals surface area contributed by atoms with E-state index in [2.05, 4.69) is 21.3 Å². The number of nitriles is 1. The first-order chi connectivity index (χ1) is 13.1. The molecule has 0 unspecified atom stereocenters. The van der Waals surface area contributed by atoms with Crippen LogP contribution in [0, 0.1) is 17.1 Å². The molecule has 2 aliphatic rings. The number of pyridine rings is 1. The fourth-order valence-electron chi connectivity index (χ4n) is 4.04. The molecule has 2 aromatic rings. The Labute approximate surface area is 157 Å². The van der Waals surface area contributed by atoms with E-state index in [0.717, 1.165) is 48.9 Å². The van der Waals surface area contributed by atoms with Crippen molar-refractivity contribution in [2.24, 2.45) is 0 Å². The number of amides is 1. The largest absolute Gasteiger partial charge is 0.380 e. The minimum absolute atomic E-state index is 0.0381. The molecule has 7 heteroatoms. The Morgan fingerprint density at radius 2 is 2.22 bits per heavy atom. The minimum Gasteiger partial charge on any atom is -0.380 e. The summed E-state index contributed by atoms with van der Waals surface area (Å²) in [5.74, 6) is -0.244. The van der Waals surface area contributed by atoms with E-state index < -0.39 is 0 Å². The van der Waals surface area contributed by atoms with E-state index >= 15 is 0 Å². The molecule has 2 atom stereocenters. The summed E-state index contributed by atoms with van der Waals surface area (Å²) in [5.41, 5.74) is 1.62. The quantitative estimate of drug-likeness (QED) is 0.898. The molecule has 1 aromatic carbocycles. The van der Waals surface area contributed by atoms with Crippen LogP contribution in [0.4, 0.5) is 10.1 Å². The standard InChI is InChI=1S/C20H22FN5O/c21-14-3-4-18-17(10-14)19(5-7-23-18)24-15-6-9-25(12-15)13-20(27)26-8-1-2-16(26)11-22/h3-5,7,10,15-16H,1-2,6,8-9,12-13H2,(H,23,24)/t15-,16+/m1/s1. The number of nitrogens with zero attached hydrogens (tertiary/aromatic N) is 4. The van der Waals surface area contributed by atoms with Crippen LogP contribution in [0.5, 0.6) is 0 Å². The first-order valence-electron chi connectivity index (χ1n) is 9.36. The number of benzene rings is 1. The molecule has 2 saturated heterocycles. The molecule has 1 aromatic heterocycles. The van der Waals surface area contributed by atoms with Crippen molar-refractivity contribution >= 4 is 22.5 Å². The first-order valence-corrected chi connectivity index (χ1v) is 9.36. The van der Waals surface area contributed by atoms with Crippen molar-refractivity contribution in [3.05, 3.63) is 36.3 Å². The molecule has 4 rings (SSSR count). The lowest BCUT2D eigenvalue weighted by molar-refractivity contribution is -0.132. The zero-order valence-corrected chi connectivity index (χ0v) is 15.1. The fourth-order valence-corrected chi connectivity index (χ4v) is 4.04. The molecule has 0 bridgehead atoms.